The molecular formula is C10H10N4O. The lowest BCUT2D eigenvalue weighted by Crippen LogP contribution is -1.90. The maximum Gasteiger partial charge on any atom is 0.240 e. The fraction of sp³-hybridized carbons (Fsp3) is 0.300. The number of aromatic nitrogens is 3. The number of hydrogen-bond acceptors (Lipinski definition) is 4. The molecule has 0 aliphatic heterocycles. The van der Waals surface area contributed by atoms with E-state index in [9.17, 15) is 4.79 Å². The van der Waals surface area contributed by atoms with E-state index in [1.54, 1.807) is 22.8 Å². The second-order valence-corrected chi connectivity index (χ2v) is 3.49. The largest absolute Gasteiger partial charge is 0.240 e. The minimum Gasteiger partial charge on any atom is -0.219 e. The van der Waals surface area contributed by atoms with Crippen molar-refractivity contribution in [3.63, 3.8) is 0 Å². The summed E-state index contributed by atoms with van der Waals surface area (Å²) in [6.07, 6.45) is 3.28. The summed E-state index contributed by atoms with van der Waals surface area (Å²) < 4.78 is 1.62. The Hall–Kier alpha value is -2.00. The van der Waals surface area contributed by atoms with Crippen LogP contribution in [0.1, 0.15) is 25.6 Å². The Morgan fingerprint density at radius 2 is 2.33 bits per heavy atom. The zero-order valence-electron chi connectivity index (χ0n) is 8.51. The smallest absolute Gasteiger partial charge is 0.219 e. The molecule has 15 heavy (non-hydrogen) atoms. The highest BCUT2D eigenvalue weighted by Crippen LogP contribution is 2.19. The van der Waals surface area contributed by atoms with Crippen molar-refractivity contribution in [1.29, 1.82) is 0 Å². The lowest BCUT2D eigenvalue weighted by Gasteiger charge is -1.92. The Morgan fingerprint density at radius 1 is 1.53 bits per heavy atom. The van der Waals surface area contributed by atoms with E-state index < -0.39 is 0 Å². The summed E-state index contributed by atoms with van der Waals surface area (Å²) in [5.74, 6) is 0.988. The van der Waals surface area contributed by atoms with Crippen molar-refractivity contribution in [3.8, 4) is 0 Å². The normalized spacial score (nSPS) is 10.6. The first-order valence-electron chi connectivity index (χ1n) is 4.65. The van der Waals surface area contributed by atoms with E-state index in [-0.39, 0.29) is 5.92 Å². The zero-order valence-corrected chi connectivity index (χ0v) is 8.51. The molecule has 0 aliphatic rings. The van der Waals surface area contributed by atoms with Gasteiger partial charge in [-0.3, -0.25) is 0 Å². The molecule has 0 aliphatic carbocycles. The standard InChI is InChI=1S/C10H10N4O/c1-7(2)9-12-10-8(11-6-15)4-3-5-14(10)13-9/h3-5,7H,1-2H3. The molecule has 76 valence electrons. The van der Waals surface area contributed by atoms with Gasteiger partial charge in [0, 0.05) is 12.1 Å². The fourth-order valence-electron chi connectivity index (χ4n) is 1.29. The number of carbonyl (C=O) groups excluding carboxylic acids is 1. The Balaban J connectivity index is 2.69. The molecule has 2 rings (SSSR count). The lowest BCUT2D eigenvalue weighted by molar-refractivity contribution is 0.565. The van der Waals surface area contributed by atoms with Gasteiger partial charge in [-0.1, -0.05) is 13.8 Å². The van der Waals surface area contributed by atoms with E-state index in [1.165, 1.54) is 6.08 Å². The number of isocyanates is 1. The fourth-order valence-corrected chi connectivity index (χ4v) is 1.29. The van der Waals surface area contributed by atoms with Crippen molar-refractivity contribution in [2.24, 2.45) is 4.99 Å². The summed E-state index contributed by atoms with van der Waals surface area (Å²) >= 11 is 0. The first kappa shape index (κ1) is 9.55. The van der Waals surface area contributed by atoms with Crippen LogP contribution >= 0.6 is 0 Å². The SMILES string of the molecule is CC(C)c1nc2c(N=C=O)cccn2n1. The van der Waals surface area contributed by atoms with Crippen LogP contribution in [0.4, 0.5) is 5.69 Å². The second kappa shape index (κ2) is 3.63. The summed E-state index contributed by atoms with van der Waals surface area (Å²) in [5, 5.41) is 4.27. The van der Waals surface area contributed by atoms with Crippen LogP contribution in [0, 0.1) is 0 Å². The third-order valence-electron chi connectivity index (χ3n) is 2.04. The summed E-state index contributed by atoms with van der Waals surface area (Å²) in [6, 6.07) is 3.47. The van der Waals surface area contributed by atoms with Crippen molar-refractivity contribution in [3.05, 3.63) is 24.2 Å². The van der Waals surface area contributed by atoms with Crippen LogP contribution in [-0.2, 0) is 4.79 Å². The molecule has 0 saturated carbocycles. The first-order chi connectivity index (χ1) is 7.22. The average molecular weight is 202 g/mol. The van der Waals surface area contributed by atoms with Crippen LogP contribution < -0.4 is 0 Å². The van der Waals surface area contributed by atoms with Gasteiger partial charge >= 0.3 is 0 Å². The zero-order chi connectivity index (χ0) is 10.8. The molecule has 0 bridgehead atoms. The maximum absolute atomic E-state index is 10.2. The molecule has 0 unspecified atom stereocenters. The Kier molecular flexibility index (Phi) is 2.31. The number of rotatable bonds is 2. The van der Waals surface area contributed by atoms with Crippen LogP contribution in [-0.4, -0.2) is 20.7 Å². The molecule has 2 aromatic rings. The third kappa shape index (κ3) is 1.65. The molecule has 2 aromatic heterocycles. The molecule has 0 saturated heterocycles. The Morgan fingerprint density at radius 3 is 3.00 bits per heavy atom. The van der Waals surface area contributed by atoms with Crippen LogP contribution in [0.25, 0.3) is 5.65 Å². The molecule has 0 N–H and O–H groups in total. The van der Waals surface area contributed by atoms with Crippen LogP contribution in [0.5, 0.6) is 0 Å². The summed E-state index contributed by atoms with van der Waals surface area (Å²) in [7, 11) is 0. The number of pyridine rings is 1. The topological polar surface area (TPSA) is 59.6 Å². The van der Waals surface area contributed by atoms with E-state index in [1.807, 2.05) is 13.8 Å². The molecule has 2 heterocycles. The van der Waals surface area contributed by atoms with Gasteiger partial charge in [0.1, 0.15) is 5.69 Å². The van der Waals surface area contributed by atoms with Gasteiger partial charge in [0.15, 0.2) is 11.5 Å². The van der Waals surface area contributed by atoms with Crippen LogP contribution in [0.3, 0.4) is 0 Å². The summed E-state index contributed by atoms with van der Waals surface area (Å²) in [5.41, 5.74) is 1.08. The van der Waals surface area contributed by atoms with Crippen molar-refractivity contribution in [1.82, 2.24) is 14.6 Å². The molecule has 0 atom stereocenters. The molecule has 0 aromatic carbocycles. The van der Waals surface area contributed by atoms with Crippen LogP contribution in [0.2, 0.25) is 0 Å². The van der Waals surface area contributed by atoms with Crippen molar-refractivity contribution < 1.29 is 4.79 Å². The predicted molar refractivity (Wildman–Crippen MR) is 54.9 cm³/mol. The van der Waals surface area contributed by atoms with E-state index in [4.69, 9.17) is 0 Å². The monoisotopic (exact) mass is 202 g/mol. The van der Waals surface area contributed by atoms with Gasteiger partial charge in [0.25, 0.3) is 0 Å². The van der Waals surface area contributed by atoms with Gasteiger partial charge < -0.3 is 0 Å². The average Bonchev–Trinajstić information content (AvgIpc) is 2.63. The van der Waals surface area contributed by atoms with Crippen LogP contribution in [0.15, 0.2) is 23.3 Å². The molecule has 0 amide bonds. The summed E-state index contributed by atoms with van der Waals surface area (Å²) in [6.45, 7) is 4.02. The highest BCUT2D eigenvalue weighted by atomic mass is 16.1. The van der Waals surface area contributed by atoms with E-state index >= 15 is 0 Å². The first-order valence-corrected chi connectivity index (χ1v) is 4.65. The predicted octanol–water partition coefficient (Wildman–Crippen LogP) is 1.82. The van der Waals surface area contributed by atoms with Crippen molar-refractivity contribution >= 4 is 17.4 Å². The van der Waals surface area contributed by atoms with E-state index in [2.05, 4.69) is 15.1 Å². The molecule has 5 nitrogen and oxygen atoms in total. The number of aliphatic imine (C=N–C) groups is 1. The number of nitrogens with zero attached hydrogens (tertiary/aromatic N) is 4. The Labute approximate surface area is 86.5 Å². The van der Waals surface area contributed by atoms with Gasteiger partial charge in [-0.2, -0.15) is 10.1 Å². The second-order valence-electron chi connectivity index (χ2n) is 3.49. The molecule has 5 heteroatoms. The minimum atomic E-state index is 0.248. The van der Waals surface area contributed by atoms with Crippen molar-refractivity contribution in [2.45, 2.75) is 19.8 Å². The maximum atomic E-state index is 10.2. The molecule has 0 radical (unpaired) electrons. The Bertz CT molecular complexity index is 537. The van der Waals surface area contributed by atoms with Gasteiger partial charge in [-0.25, -0.2) is 14.3 Å². The van der Waals surface area contributed by atoms with Gasteiger partial charge in [-0.15, -0.1) is 0 Å². The molecular weight excluding hydrogens is 192 g/mol. The van der Waals surface area contributed by atoms with E-state index in [0.717, 1.165) is 5.82 Å². The van der Waals surface area contributed by atoms with Gasteiger partial charge in [0.2, 0.25) is 6.08 Å². The van der Waals surface area contributed by atoms with E-state index in [0.29, 0.717) is 11.3 Å². The highest BCUT2D eigenvalue weighted by Gasteiger charge is 2.09. The minimum absolute atomic E-state index is 0.248. The number of fused-ring (bicyclic) bond motifs is 1. The lowest BCUT2D eigenvalue weighted by atomic mass is 10.2. The highest BCUT2D eigenvalue weighted by molar-refractivity contribution is 5.66. The quantitative estimate of drug-likeness (QED) is 0.551. The number of hydrogen-bond donors (Lipinski definition) is 0. The summed E-state index contributed by atoms with van der Waals surface area (Å²) in [4.78, 5) is 18.1. The third-order valence-corrected chi connectivity index (χ3v) is 2.04. The molecule has 0 spiro atoms. The van der Waals surface area contributed by atoms with Gasteiger partial charge in [-0.05, 0) is 12.1 Å². The van der Waals surface area contributed by atoms with Gasteiger partial charge in [0.05, 0.1) is 0 Å². The molecule has 0 fully saturated rings. The van der Waals surface area contributed by atoms with Crippen molar-refractivity contribution in [2.75, 3.05) is 0 Å².